The average molecular weight is 367 g/mol. The number of nitrogens with zero attached hydrogens (tertiary/aromatic N) is 4. The number of benzene rings is 1. The summed E-state index contributed by atoms with van der Waals surface area (Å²) in [6, 6.07) is 7.58. The van der Waals surface area contributed by atoms with E-state index in [1.165, 1.54) is 6.20 Å². The summed E-state index contributed by atoms with van der Waals surface area (Å²) in [4.78, 5) is 20.2. The number of hydrogen-bond acceptors (Lipinski definition) is 7. The molecule has 0 aliphatic rings. The van der Waals surface area contributed by atoms with Gasteiger partial charge in [0.15, 0.2) is 0 Å². The minimum absolute atomic E-state index is 0.221. The van der Waals surface area contributed by atoms with Gasteiger partial charge in [-0.15, -0.1) is 0 Å². The monoisotopic (exact) mass is 367 g/mol. The molecule has 27 heavy (non-hydrogen) atoms. The van der Waals surface area contributed by atoms with Gasteiger partial charge in [-0.3, -0.25) is 9.48 Å². The number of carbonyl (C=O) groups is 1. The summed E-state index contributed by atoms with van der Waals surface area (Å²) < 4.78 is 6.93. The molecule has 0 unspecified atom stereocenters. The molecular formula is C18H21N7O2. The van der Waals surface area contributed by atoms with Crippen LogP contribution < -0.4 is 21.1 Å². The molecule has 1 amide bonds. The summed E-state index contributed by atoms with van der Waals surface area (Å²) in [6.07, 6.45) is 4.92. The van der Waals surface area contributed by atoms with Gasteiger partial charge >= 0.3 is 0 Å². The van der Waals surface area contributed by atoms with Gasteiger partial charge in [-0.2, -0.15) is 10.1 Å². The summed E-state index contributed by atoms with van der Waals surface area (Å²) in [5.74, 6) is 0.877. The van der Waals surface area contributed by atoms with Gasteiger partial charge < -0.3 is 21.1 Å². The zero-order valence-corrected chi connectivity index (χ0v) is 15.1. The molecule has 9 nitrogen and oxygen atoms in total. The van der Waals surface area contributed by atoms with E-state index < -0.39 is 5.91 Å². The van der Waals surface area contributed by atoms with Crippen molar-refractivity contribution >= 4 is 23.4 Å². The number of rotatable bonds is 8. The van der Waals surface area contributed by atoms with Gasteiger partial charge in [0.2, 0.25) is 5.95 Å². The van der Waals surface area contributed by atoms with Crippen LogP contribution in [0.4, 0.5) is 17.5 Å². The summed E-state index contributed by atoms with van der Waals surface area (Å²) in [5, 5.41) is 10.4. The first-order chi connectivity index (χ1) is 13.1. The summed E-state index contributed by atoms with van der Waals surface area (Å²) >= 11 is 0. The highest BCUT2D eigenvalue weighted by molar-refractivity contribution is 5.97. The van der Waals surface area contributed by atoms with Crippen LogP contribution in [-0.4, -0.2) is 32.8 Å². The molecule has 0 bridgehead atoms. The Labute approximate surface area is 156 Å². The van der Waals surface area contributed by atoms with E-state index in [0.29, 0.717) is 18.3 Å². The van der Waals surface area contributed by atoms with E-state index in [2.05, 4.69) is 25.7 Å². The molecule has 0 aliphatic heterocycles. The largest absolute Gasteiger partial charge is 0.497 e. The smallest absolute Gasteiger partial charge is 0.254 e. The second-order valence-corrected chi connectivity index (χ2v) is 5.73. The fraction of sp³-hybridized carbons (Fsp3) is 0.222. The lowest BCUT2D eigenvalue weighted by Gasteiger charge is -2.11. The molecule has 4 N–H and O–H groups in total. The Kier molecular flexibility index (Phi) is 5.50. The summed E-state index contributed by atoms with van der Waals surface area (Å²) in [5.41, 5.74) is 7.41. The van der Waals surface area contributed by atoms with Crippen LogP contribution in [-0.2, 0) is 13.1 Å². The molecule has 1 aromatic carbocycles. The van der Waals surface area contributed by atoms with Gasteiger partial charge in [-0.25, -0.2) is 4.98 Å². The second-order valence-electron chi connectivity index (χ2n) is 5.73. The van der Waals surface area contributed by atoms with Crippen LogP contribution in [0.15, 0.2) is 42.9 Å². The Bertz CT molecular complexity index is 922. The summed E-state index contributed by atoms with van der Waals surface area (Å²) in [7, 11) is 1.62. The lowest BCUT2D eigenvalue weighted by molar-refractivity contribution is 0.100. The van der Waals surface area contributed by atoms with E-state index in [9.17, 15) is 4.79 Å². The molecule has 0 radical (unpaired) electrons. The Morgan fingerprint density at radius 1 is 1.26 bits per heavy atom. The van der Waals surface area contributed by atoms with Crippen molar-refractivity contribution in [1.82, 2.24) is 19.7 Å². The summed E-state index contributed by atoms with van der Waals surface area (Å²) in [6.45, 7) is 3.22. The molecule has 2 aromatic heterocycles. The third kappa shape index (κ3) is 4.51. The lowest BCUT2D eigenvalue weighted by atomic mass is 10.2. The molecule has 0 atom stereocenters. The number of methoxy groups -OCH3 is 1. The number of aromatic nitrogens is 4. The van der Waals surface area contributed by atoms with Crippen LogP contribution in [0.5, 0.6) is 5.75 Å². The highest BCUT2D eigenvalue weighted by Gasteiger charge is 2.12. The van der Waals surface area contributed by atoms with E-state index in [1.54, 1.807) is 18.0 Å². The van der Waals surface area contributed by atoms with Crippen LogP contribution >= 0.6 is 0 Å². The van der Waals surface area contributed by atoms with Gasteiger partial charge in [0.25, 0.3) is 5.91 Å². The van der Waals surface area contributed by atoms with Crippen molar-refractivity contribution in [2.24, 2.45) is 5.73 Å². The average Bonchev–Trinajstić information content (AvgIpc) is 3.14. The zero-order valence-electron chi connectivity index (χ0n) is 15.1. The minimum Gasteiger partial charge on any atom is -0.497 e. The van der Waals surface area contributed by atoms with E-state index >= 15 is 0 Å². The molecule has 0 fully saturated rings. The van der Waals surface area contributed by atoms with Gasteiger partial charge in [-0.1, -0.05) is 12.1 Å². The van der Waals surface area contributed by atoms with Gasteiger partial charge in [0.1, 0.15) is 11.6 Å². The van der Waals surface area contributed by atoms with Gasteiger partial charge in [-0.05, 0) is 24.6 Å². The predicted molar refractivity (Wildman–Crippen MR) is 102 cm³/mol. The molecule has 9 heteroatoms. The number of amides is 1. The Morgan fingerprint density at radius 3 is 2.67 bits per heavy atom. The van der Waals surface area contributed by atoms with Crippen molar-refractivity contribution in [3.63, 3.8) is 0 Å². The molecule has 2 heterocycles. The first-order valence-electron chi connectivity index (χ1n) is 8.42. The molecule has 0 saturated carbocycles. The SMILES string of the molecule is CCn1cc(Nc2ncc(C(N)=O)c(NCc3ccc(OC)cc3)n2)cn1. The van der Waals surface area contributed by atoms with Crippen molar-refractivity contribution in [1.29, 1.82) is 0 Å². The predicted octanol–water partition coefficient (Wildman–Crippen LogP) is 2.16. The van der Waals surface area contributed by atoms with E-state index in [-0.39, 0.29) is 5.56 Å². The topological polar surface area (TPSA) is 120 Å². The van der Waals surface area contributed by atoms with Crippen LogP contribution in [0.25, 0.3) is 0 Å². The molecule has 3 rings (SSSR count). The molecule has 0 aliphatic carbocycles. The standard InChI is InChI=1S/C18H21N7O2/c1-3-25-11-13(9-22-25)23-18-21-10-15(16(19)26)17(24-18)20-8-12-4-6-14(27-2)7-5-12/h4-7,9-11H,3,8H2,1-2H3,(H2,19,26)(H2,20,21,23,24). The first kappa shape index (κ1) is 18.2. The van der Waals surface area contributed by atoms with Crippen LogP contribution in [0, 0.1) is 0 Å². The maximum atomic E-state index is 11.7. The molecular weight excluding hydrogens is 346 g/mol. The first-order valence-corrected chi connectivity index (χ1v) is 8.42. The van der Waals surface area contributed by atoms with Crippen molar-refractivity contribution < 1.29 is 9.53 Å². The maximum Gasteiger partial charge on any atom is 0.254 e. The van der Waals surface area contributed by atoms with E-state index in [0.717, 1.165) is 23.5 Å². The van der Waals surface area contributed by atoms with Crippen molar-refractivity contribution in [3.8, 4) is 5.75 Å². The van der Waals surface area contributed by atoms with Crippen molar-refractivity contribution in [3.05, 3.63) is 54.0 Å². The molecule has 0 spiro atoms. The Morgan fingerprint density at radius 2 is 2.04 bits per heavy atom. The second kappa shape index (κ2) is 8.17. The Balaban J connectivity index is 1.77. The molecule has 0 saturated heterocycles. The maximum absolute atomic E-state index is 11.7. The number of carbonyl (C=O) groups excluding carboxylic acids is 1. The highest BCUT2D eigenvalue weighted by atomic mass is 16.5. The number of aryl methyl sites for hydroxylation is 1. The minimum atomic E-state index is -0.599. The number of nitrogens with two attached hydrogens (primary N) is 1. The quantitative estimate of drug-likeness (QED) is 0.558. The van der Waals surface area contributed by atoms with Crippen LogP contribution in [0.2, 0.25) is 0 Å². The number of hydrogen-bond donors (Lipinski definition) is 3. The zero-order chi connectivity index (χ0) is 19.2. The fourth-order valence-corrected chi connectivity index (χ4v) is 2.42. The van der Waals surface area contributed by atoms with Crippen molar-refractivity contribution in [2.75, 3.05) is 17.7 Å². The van der Waals surface area contributed by atoms with Crippen LogP contribution in [0.3, 0.4) is 0 Å². The Hall–Kier alpha value is -3.62. The highest BCUT2D eigenvalue weighted by Crippen LogP contribution is 2.18. The lowest BCUT2D eigenvalue weighted by Crippen LogP contribution is -2.17. The number of nitrogens with one attached hydrogen (secondary N) is 2. The van der Waals surface area contributed by atoms with Gasteiger partial charge in [0, 0.05) is 25.5 Å². The number of ether oxygens (including phenoxy) is 1. The van der Waals surface area contributed by atoms with Crippen LogP contribution in [0.1, 0.15) is 22.8 Å². The normalized spacial score (nSPS) is 10.4. The molecule has 3 aromatic rings. The van der Waals surface area contributed by atoms with E-state index in [1.807, 2.05) is 37.4 Å². The van der Waals surface area contributed by atoms with Gasteiger partial charge in [0.05, 0.1) is 24.6 Å². The fourth-order valence-electron chi connectivity index (χ4n) is 2.42. The van der Waals surface area contributed by atoms with E-state index in [4.69, 9.17) is 10.5 Å². The third-order valence-electron chi connectivity index (χ3n) is 3.89. The number of primary amides is 1. The third-order valence-corrected chi connectivity index (χ3v) is 3.89. The molecule has 140 valence electrons. The van der Waals surface area contributed by atoms with Crippen molar-refractivity contribution in [2.45, 2.75) is 20.0 Å². The number of anilines is 3.